The van der Waals surface area contributed by atoms with Crippen LogP contribution in [0.1, 0.15) is 47.3 Å². The first-order valence-corrected chi connectivity index (χ1v) is 10.2. The van der Waals surface area contributed by atoms with Crippen molar-refractivity contribution in [3.8, 4) is 0 Å². The van der Waals surface area contributed by atoms with Gasteiger partial charge in [-0.25, -0.2) is 0 Å². The van der Waals surface area contributed by atoms with Gasteiger partial charge in [-0.1, -0.05) is 30.3 Å². The van der Waals surface area contributed by atoms with Crippen molar-refractivity contribution in [3.05, 3.63) is 53.3 Å². The summed E-state index contributed by atoms with van der Waals surface area (Å²) in [5, 5.41) is 6.89. The van der Waals surface area contributed by atoms with Gasteiger partial charge < -0.3 is 9.80 Å². The topological polar surface area (TPSA) is 52.2 Å². The van der Waals surface area contributed by atoms with Crippen LogP contribution in [0.2, 0.25) is 0 Å². The monoisotopic (exact) mass is 366 g/mol. The maximum absolute atomic E-state index is 12.8. The molecule has 2 aromatic rings. The molecular weight excluding hydrogens is 336 g/mol. The molecule has 1 aromatic heterocycles. The number of carbonyl (C=O) groups is 1. The number of amides is 1. The largest absolute Gasteiger partial charge is 0.338 e. The number of nitrogens with zero attached hydrogens (tertiary/aromatic N) is 3. The first-order valence-electron chi connectivity index (χ1n) is 10.2. The number of aromatic nitrogens is 2. The summed E-state index contributed by atoms with van der Waals surface area (Å²) in [6.07, 6.45) is 7.64. The standard InChI is InChI=1S/C22H30N4O/c1-18-20(15-23-24-18)21(27)26-14-11-22(17-26)10-6-13-25(16-22)12-5-9-19-7-3-2-4-8-19/h2-4,7-8,15H,5-6,9-14,16-17H2,1H3,(H,23,24). The molecule has 0 radical (unpaired) electrons. The Labute approximate surface area is 161 Å². The number of hydrogen-bond donors (Lipinski definition) is 1. The van der Waals surface area contributed by atoms with Gasteiger partial charge in [0.1, 0.15) is 0 Å². The predicted octanol–water partition coefficient (Wildman–Crippen LogP) is 3.28. The van der Waals surface area contributed by atoms with Crippen molar-refractivity contribution < 1.29 is 4.79 Å². The van der Waals surface area contributed by atoms with E-state index in [0.29, 0.717) is 0 Å². The first kappa shape index (κ1) is 18.2. The van der Waals surface area contributed by atoms with Crippen LogP contribution in [0, 0.1) is 12.3 Å². The molecule has 144 valence electrons. The van der Waals surface area contributed by atoms with E-state index in [0.717, 1.165) is 50.3 Å². The molecular formula is C22H30N4O. The maximum atomic E-state index is 12.8. The lowest BCUT2D eigenvalue weighted by Crippen LogP contribution is -2.45. The van der Waals surface area contributed by atoms with Crippen LogP contribution in [0.25, 0.3) is 0 Å². The second-order valence-corrected chi connectivity index (χ2v) is 8.35. The van der Waals surface area contributed by atoms with E-state index in [1.807, 2.05) is 11.8 Å². The number of benzene rings is 1. The summed E-state index contributed by atoms with van der Waals surface area (Å²) in [7, 11) is 0. The van der Waals surface area contributed by atoms with Gasteiger partial charge in [-0.05, 0) is 57.7 Å². The lowest BCUT2D eigenvalue weighted by molar-refractivity contribution is 0.0687. The quantitative estimate of drug-likeness (QED) is 0.883. The van der Waals surface area contributed by atoms with Crippen molar-refractivity contribution in [2.24, 2.45) is 5.41 Å². The Balaban J connectivity index is 1.31. The minimum absolute atomic E-state index is 0.138. The van der Waals surface area contributed by atoms with Gasteiger partial charge in [-0.3, -0.25) is 9.89 Å². The molecule has 1 atom stereocenters. The summed E-state index contributed by atoms with van der Waals surface area (Å²) in [4.78, 5) is 17.5. The van der Waals surface area contributed by atoms with Crippen LogP contribution < -0.4 is 0 Å². The fourth-order valence-corrected chi connectivity index (χ4v) is 4.83. The van der Waals surface area contributed by atoms with Crippen LogP contribution in [0.3, 0.4) is 0 Å². The molecule has 5 nitrogen and oxygen atoms in total. The zero-order valence-corrected chi connectivity index (χ0v) is 16.3. The third-order valence-electron chi connectivity index (χ3n) is 6.31. The highest BCUT2D eigenvalue weighted by Gasteiger charge is 2.43. The molecule has 0 aliphatic carbocycles. The Bertz CT molecular complexity index is 772. The molecule has 2 aliphatic heterocycles. The van der Waals surface area contributed by atoms with E-state index in [1.54, 1.807) is 6.20 Å². The Hall–Kier alpha value is -2.14. The van der Waals surface area contributed by atoms with Gasteiger partial charge in [0.15, 0.2) is 0 Å². The smallest absolute Gasteiger partial charge is 0.257 e. The molecule has 1 unspecified atom stereocenters. The van der Waals surface area contributed by atoms with Crippen molar-refractivity contribution in [2.45, 2.75) is 39.0 Å². The van der Waals surface area contributed by atoms with E-state index in [9.17, 15) is 4.79 Å². The molecule has 27 heavy (non-hydrogen) atoms. The fourth-order valence-electron chi connectivity index (χ4n) is 4.83. The van der Waals surface area contributed by atoms with Gasteiger partial charge >= 0.3 is 0 Å². The molecule has 4 rings (SSSR count). The van der Waals surface area contributed by atoms with E-state index in [-0.39, 0.29) is 11.3 Å². The summed E-state index contributed by atoms with van der Waals surface area (Å²) in [5.41, 5.74) is 3.31. The number of aryl methyl sites for hydroxylation is 2. The summed E-state index contributed by atoms with van der Waals surface area (Å²) in [6.45, 7) is 7.18. The normalized spacial score (nSPS) is 23.2. The van der Waals surface area contributed by atoms with Crippen molar-refractivity contribution in [2.75, 3.05) is 32.7 Å². The van der Waals surface area contributed by atoms with Gasteiger partial charge in [-0.2, -0.15) is 5.10 Å². The zero-order valence-electron chi connectivity index (χ0n) is 16.3. The third-order valence-corrected chi connectivity index (χ3v) is 6.31. The highest BCUT2D eigenvalue weighted by atomic mass is 16.2. The van der Waals surface area contributed by atoms with Gasteiger partial charge in [0.05, 0.1) is 11.8 Å². The Morgan fingerprint density at radius 1 is 1.19 bits per heavy atom. The molecule has 0 saturated carbocycles. The molecule has 1 amide bonds. The highest BCUT2D eigenvalue weighted by Crippen LogP contribution is 2.39. The fraction of sp³-hybridized carbons (Fsp3) is 0.545. The van der Waals surface area contributed by atoms with Crippen LogP contribution >= 0.6 is 0 Å². The SMILES string of the molecule is Cc1[nH]ncc1C(=O)N1CCC2(CCCN(CCCc3ccccc3)C2)C1. The Kier molecular flexibility index (Phi) is 5.30. The number of nitrogens with one attached hydrogen (secondary N) is 1. The molecule has 0 bridgehead atoms. The van der Waals surface area contributed by atoms with E-state index in [2.05, 4.69) is 45.4 Å². The third kappa shape index (κ3) is 4.08. The average molecular weight is 367 g/mol. The number of piperidine rings is 1. The van der Waals surface area contributed by atoms with Crippen LogP contribution in [0.5, 0.6) is 0 Å². The summed E-state index contributed by atoms with van der Waals surface area (Å²) < 4.78 is 0. The van der Waals surface area contributed by atoms with Gasteiger partial charge in [0.2, 0.25) is 0 Å². The number of hydrogen-bond acceptors (Lipinski definition) is 3. The predicted molar refractivity (Wildman–Crippen MR) is 107 cm³/mol. The minimum Gasteiger partial charge on any atom is -0.338 e. The number of likely N-dealkylation sites (tertiary alicyclic amines) is 2. The van der Waals surface area contributed by atoms with Crippen LogP contribution in [-0.4, -0.2) is 58.6 Å². The number of aromatic amines is 1. The van der Waals surface area contributed by atoms with Crippen LogP contribution in [0.15, 0.2) is 36.5 Å². The lowest BCUT2D eigenvalue weighted by atomic mass is 9.79. The summed E-state index contributed by atoms with van der Waals surface area (Å²) in [6, 6.07) is 10.8. The Morgan fingerprint density at radius 3 is 2.81 bits per heavy atom. The number of carbonyl (C=O) groups excluding carboxylic acids is 1. The molecule has 2 aliphatic rings. The molecule has 1 spiro atoms. The molecule has 1 aromatic carbocycles. The van der Waals surface area contributed by atoms with E-state index >= 15 is 0 Å². The number of H-pyrrole nitrogens is 1. The first-order chi connectivity index (χ1) is 13.2. The molecule has 1 N–H and O–H groups in total. The van der Waals surface area contributed by atoms with E-state index in [4.69, 9.17) is 0 Å². The van der Waals surface area contributed by atoms with Crippen LogP contribution in [-0.2, 0) is 6.42 Å². The molecule has 2 saturated heterocycles. The van der Waals surface area contributed by atoms with E-state index in [1.165, 1.54) is 31.4 Å². The highest BCUT2D eigenvalue weighted by molar-refractivity contribution is 5.95. The lowest BCUT2D eigenvalue weighted by Gasteiger charge is -2.40. The Morgan fingerprint density at radius 2 is 2.04 bits per heavy atom. The van der Waals surface area contributed by atoms with Gasteiger partial charge in [0.25, 0.3) is 5.91 Å². The summed E-state index contributed by atoms with van der Waals surface area (Å²) in [5.74, 6) is 0.138. The molecule has 3 heterocycles. The number of rotatable bonds is 5. The minimum atomic E-state index is 0.138. The van der Waals surface area contributed by atoms with Crippen molar-refractivity contribution in [1.29, 1.82) is 0 Å². The summed E-state index contributed by atoms with van der Waals surface area (Å²) >= 11 is 0. The average Bonchev–Trinajstić information content (AvgIpc) is 3.29. The maximum Gasteiger partial charge on any atom is 0.257 e. The molecule has 2 fully saturated rings. The molecule has 5 heteroatoms. The second-order valence-electron chi connectivity index (χ2n) is 8.35. The second kappa shape index (κ2) is 7.85. The van der Waals surface area contributed by atoms with Crippen molar-refractivity contribution in [1.82, 2.24) is 20.0 Å². The van der Waals surface area contributed by atoms with Gasteiger partial charge in [-0.15, -0.1) is 0 Å². The van der Waals surface area contributed by atoms with Crippen molar-refractivity contribution >= 4 is 5.91 Å². The van der Waals surface area contributed by atoms with Crippen LogP contribution in [0.4, 0.5) is 0 Å². The van der Waals surface area contributed by atoms with Crippen molar-refractivity contribution in [3.63, 3.8) is 0 Å². The van der Waals surface area contributed by atoms with E-state index < -0.39 is 0 Å². The van der Waals surface area contributed by atoms with Gasteiger partial charge in [0, 0.05) is 30.7 Å². The zero-order chi connectivity index (χ0) is 18.7.